The largest absolute Gasteiger partial charge is 0.482 e. The Morgan fingerprint density at radius 3 is 2.48 bits per heavy atom. The van der Waals surface area contributed by atoms with Gasteiger partial charge < -0.3 is 14.8 Å². The SMILES string of the molecule is COC(=O)COc1cccc(/C=N/NC(=O)C(NC(=O)c2ccc(Cl)cc2)C(C)C)c1. The molecule has 0 heterocycles. The van der Waals surface area contributed by atoms with E-state index >= 15 is 0 Å². The maximum absolute atomic E-state index is 12.5. The molecule has 0 aromatic heterocycles. The Labute approximate surface area is 185 Å². The Balaban J connectivity index is 1.96. The van der Waals surface area contributed by atoms with Crippen molar-refractivity contribution in [1.29, 1.82) is 0 Å². The van der Waals surface area contributed by atoms with Gasteiger partial charge in [-0.2, -0.15) is 5.10 Å². The number of hydrogen-bond acceptors (Lipinski definition) is 6. The van der Waals surface area contributed by atoms with Crippen molar-refractivity contribution in [2.24, 2.45) is 11.0 Å². The zero-order chi connectivity index (χ0) is 22.8. The summed E-state index contributed by atoms with van der Waals surface area (Å²) in [7, 11) is 1.28. The second kappa shape index (κ2) is 11.7. The number of hydrazone groups is 1. The number of nitrogens with one attached hydrogen (secondary N) is 2. The summed E-state index contributed by atoms with van der Waals surface area (Å²) in [5.41, 5.74) is 3.48. The fraction of sp³-hybridized carbons (Fsp3) is 0.273. The minimum absolute atomic E-state index is 0.165. The first kappa shape index (κ1) is 23.9. The summed E-state index contributed by atoms with van der Waals surface area (Å²) in [6, 6.07) is 12.4. The predicted molar refractivity (Wildman–Crippen MR) is 117 cm³/mol. The number of esters is 1. The highest BCUT2D eigenvalue weighted by Gasteiger charge is 2.24. The van der Waals surface area contributed by atoms with Crippen LogP contribution in [0.3, 0.4) is 0 Å². The molecule has 8 nitrogen and oxygen atoms in total. The van der Waals surface area contributed by atoms with Gasteiger partial charge in [-0.1, -0.05) is 37.6 Å². The van der Waals surface area contributed by atoms with Gasteiger partial charge in [0.25, 0.3) is 11.8 Å². The Kier molecular flexibility index (Phi) is 9.02. The van der Waals surface area contributed by atoms with Gasteiger partial charge in [0, 0.05) is 10.6 Å². The molecule has 0 saturated carbocycles. The number of amides is 2. The lowest BCUT2D eigenvalue weighted by Crippen LogP contribution is -2.48. The topological polar surface area (TPSA) is 106 Å². The van der Waals surface area contributed by atoms with Gasteiger partial charge in [0.1, 0.15) is 11.8 Å². The molecule has 0 aliphatic heterocycles. The normalized spacial score (nSPS) is 11.8. The maximum Gasteiger partial charge on any atom is 0.343 e. The molecule has 2 rings (SSSR count). The van der Waals surface area contributed by atoms with E-state index in [1.165, 1.54) is 13.3 Å². The molecule has 1 atom stereocenters. The zero-order valence-corrected chi connectivity index (χ0v) is 18.2. The van der Waals surface area contributed by atoms with E-state index in [2.05, 4.69) is 20.6 Å². The van der Waals surface area contributed by atoms with E-state index in [-0.39, 0.29) is 18.4 Å². The molecule has 31 heavy (non-hydrogen) atoms. The summed E-state index contributed by atoms with van der Waals surface area (Å²) >= 11 is 5.84. The van der Waals surface area contributed by atoms with Gasteiger partial charge in [0.2, 0.25) is 0 Å². The van der Waals surface area contributed by atoms with Crippen LogP contribution < -0.4 is 15.5 Å². The summed E-state index contributed by atoms with van der Waals surface area (Å²) in [4.78, 5) is 36.1. The minimum atomic E-state index is -0.782. The van der Waals surface area contributed by atoms with Crippen LogP contribution in [0.5, 0.6) is 5.75 Å². The lowest BCUT2D eigenvalue weighted by atomic mass is 10.0. The van der Waals surface area contributed by atoms with Gasteiger partial charge in [-0.15, -0.1) is 0 Å². The van der Waals surface area contributed by atoms with Crippen molar-refractivity contribution in [2.75, 3.05) is 13.7 Å². The first-order chi connectivity index (χ1) is 14.8. The first-order valence-electron chi connectivity index (χ1n) is 9.49. The number of nitrogens with zero attached hydrogens (tertiary/aromatic N) is 1. The molecule has 0 aliphatic rings. The summed E-state index contributed by atoms with van der Waals surface area (Å²) in [6.45, 7) is 3.42. The molecule has 2 aromatic carbocycles. The first-order valence-corrected chi connectivity index (χ1v) is 9.87. The van der Waals surface area contributed by atoms with Crippen LogP contribution in [0.15, 0.2) is 53.6 Å². The van der Waals surface area contributed by atoms with Crippen LogP contribution in [-0.4, -0.2) is 43.8 Å². The number of halogens is 1. The van der Waals surface area contributed by atoms with Gasteiger partial charge in [0.05, 0.1) is 13.3 Å². The van der Waals surface area contributed by atoms with Crippen molar-refractivity contribution < 1.29 is 23.9 Å². The third kappa shape index (κ3) is 7.75. The highest BCUT2D eigenvalue weighted by atomic mass is 35.5. The monoisotopic (exact) mass is 445 g/mol. The molecule has 9 heteroatoms. The second-order valence-corrected chi connectivity index (χ2v) is 7.31. The van der Waals surface area contributed by atoms with E-state index in [1.807, 2.05) is 13.8 Å². The van der Waals surface area contributed by atoms with Crippen LogP contribution in [0, 0.1) is 5.92 Å². The Morgan fingerprint density at radius 1 is 1.13 bits per heavy atom. The standard InChI is InChI=1S/C22H24ClN3O5/c1-14(2)20(25-21(28)16-7-9-17(23)10-8-16)22(29)26-24-12-15-5-4-6-18(11-15)31-13-19(27)30-3/h4-12,14,20H,13H2,1-3H3,(H,25,28)(H,26,29)/b24-12+. The Morgan fingerprint density at radius 2 is 1.84 bits per heavy atom. The molecule has 2 amide bonds. The number of methoxy groups -OCH3 is 1. The molecular formula is C22H24ClN3O5. The predicted octanol–water partition coefficient (Wildman–Crippen LogP) is 2.80. The maximum atomic E-state index is 12.5. The lowest BCUT2D eigenvalue weighted by molar-refractivity contribution is -0.142. The van der Waals surface area contributed by atoms with Crippen molar-refractivity contribution in [3.05, 3.63) is 64.7 Å². The summed E-state index contributed by atoms with van der Waals surface area (Å²) in [5, 5.41) is 7.18. The molecule has 0 saturated heterocycles. The summed E-state index contributed by atoms with van der Waals surface area (Å²) in [6.07, 6.45) is 1.43. The van der Waals surface area contributed by atoms with Gasteiger partial charge in [-0.25, -0.2) is 10.2 Å². The lowest BCUT2D eigenvalue weighted by Gasteiger charge is -2.20. The number of rotatable bonds is 9. The van der Waals surface area contributed by atoms with Crippen molar-refractivity contribution in [1.82, 2.24) is 10.7 Å². The number of hydrogen-bond donors (Lipinski definition) is 2. The summed E-state index contributed by atoms with van der Waals surface area (Å²) in [5.74, 6) is -1.04. The highest BCUT2D eigenvalue weighted by Crippen LogP contribution is 2.12. The molecule has 0 bridgehead atoms. The van der Waals surface area contributed by atoms with Crippen LogP contribution in [0.25, 0.3) is 0 Å². The van der Waals surface area contributed by atoms with Gasteiger partial charge >= 0.3 is 5.97 Å². The molecule has 2 N–H and O–H groups in total. The molecular weight excluding hydrogens is 422 g/mol. The molecule has 0 radical (unpaired) electrons. The Bertz CT molecular complexity index is 944. The second-order valence-electron chi connectivity index (χ2n) is 6.87. The molecule has 0 fully saturated rings. The third-order valence-corrected chi connectivity index (χ3v) is 4.42. The fourth-order valence-electron chi connectivity index (χ4n) is 2.49. The van der Waals surface area contributed by atoms with Crippen LogP contribution in [0.4, 0.5) is 0 Å². The zero-order valence-electron chi connectivity index (χ0n) is 17.4. The van der Waals surface area contributed by atoms with E-state index in [1.54, 1.807) is 48.5 Å². The molecule has 0 aliphatic carbocycles. The van der Waals surface area contributed by atoms with E-state index < -0.39 is 17.9 Å². The fourth-order valence-corrected chi connectivity index (χ4v) is 2.61. The molecule has 1 unspecified atom stereocenters. The number of benzene rings is 2. The smallest absolute Gasteiger partial charge is 0.343 e. The summed E-state index contributed by atoms with van der Waals surface area (Å²) < 4.78 is 9.83. The average Bonchev–Trinajstić information content (AvgIpc) is 2.76. The quantitative estimate of drug-likeness (QED) is 0.350. The van der Waals surface area contributed by atoms with E-state index in [0.29, 0.717) is 21.9 Å². The van der Waals surface area contributed by atoms with E-state index in [4.69, 9.17) is 16.3 Å². The number of carbonyl (C=O) groups excluding carboxylic acids is 3. The van der Waals surface area contributed by atoms with Crippen LogP contribution in [0.1, 0.15) is 29.8 Å². The van der Waals surface area contributed by atoms with Crippen molar-refractivity contribution >= 4 is 35.6 Å². The van der Waals surface area contributed by atoms with E-state index in [0.717, 1.165) is 0 Å². The number of ether oxygens (including phenoxy) is 2. The molecule has 164 valence electrons. The van der Waals surface area contributed by atoms with Crippen molar-refractivity contribution in [3.63, 3.8) is 0 Å². The van der Waals surface area contributed by atoms with Crippen molar-refractivity contribution in [2.45, 2.75) is 19.9 Å². The van der Waals surface area contributed by atoms with Gasteiger partial charge in [0.15, 0.2) is 6.61 Å². The van der Waals surface area contributed by atoms with Gasteiger partial charge in [-0.05, 0) is 47.9 Å². The van der Waals surface area contributed by atoms with Crippen LogP contribution in [-0.2, 0) is 14.3 Å². The van der Waals surface area contributed by atoms with E-state index in [9.17, 15) is 14.4 Å². The number of carbonyl (C=O) groups is 3. The molecule has 0 spiro atoms. The highest BCUT2D eigenvalue weighted by molar-refractivity contribution is 6.30. The Hall–Kier alpha value is -3.39. The third-order valence-electron chi connectivity index (χ3n) is 4.17. The average molecular weight is 446 g/mol. The van der Waals surface area contributed by atoms with Crippen molar-refractivity contribution in [3.8, 4) is 5.75 Å². The van der Waals surface area contributed by atoms with Crippen LogP contribution in [0.2, 0.25) is 5.02 Å². The minimum Gasteiger partial charge on any atom is -0.482 e. The van der Waals surface area contributed by atoms with Crippen LogP contribution >= 0.6 is 11.6 Å². The van der Waals surface area contributed by atoms with Gasteiger partial charge in [-0.3, -0.25) is 9.59 Å². The molecule has 2 aromatic rings.